The maximum atomic E-state index is 12.4. The lowest BCUT2D eigenvalue weighted by Gasteiger charge is -2.17. The molecule has 1 aromatic heterocycles. The van der Waals surface area contributed by atoms with Gasteiger partial charge in [0.1, 0.15) is 11.1 Å². The van der Waals surface area contributed by atoms with Gasteiger partial charge in [0.15, 0.2) is 0 Å². The maximum absolute atomic E-state index is 12.4. The summed E-state index contributed by atoms with van der Waals surface area (Å²) < 4.78 is 0. The van der Waals surface area contributed by atoms with Crippen LogP contribution in [-0.4, -0.2) is 12.2 Å². The molecule has 0 saturated heterocycles. The predicted molar refractivity (Wildman–Crippen MR) is 101 cm³/mol. The molecule has 0 radical (unpaired) electrons. The summed E-state index contributed by atoms with van der Waals surface area (Å²) in [7, 11) is 0. The van der Waals surface area contributed by atoms with Crippen molar-refractivity contribution in [1.29, 1.82) is 5.26 Å². The number of fused-ring (bicyclic) bond motifs is 1. The van der Waals surface area contributed by atoms with Gasteiger partial charge in [0.2, 0.25) is 5.91 Å². The van der Waals surface area contributed by atoms with Crippen molar-refractivity contribution < 1.29 is 4.79 Å². The van der Waals surface area contributed by atoms with Crippen LogP contribution in [0.5, 0.6) is 0 Å². The average molecular weight is 357 g/mol. The molecular weight excluding hydrogens is 336 g/mol. The standard InChI is InChI=1S/C19H20N2OS2/c1-12-3-8-15-16(11-20)19(24-17(15)9-12)21-18(22)10-13-4-6-14(23-2)7-5-13/h4-7,12H,3,8-10H2,1-2H3,(H,21,22). The summed E-state index contributed by atoms with van der Waals surface area (Å²) in [5.74, 6) is 0.594. The summed E-state index contributed by atoms with van der Waals surface area (Å²) >= 11 is 3.26. The van der Waals surface area contributed by atoms with E-state index >= 15 is 0 Å². The van der Waals surface area contributed by atoms with Gasteiger partial charge in [-0.1, -0.05) is 19.1 Å². The lowest BCUT2D eigenvalue weighted by atomic mass is 9.88. The highest BCUT2D eigenvalue weighted by Crippen LogP contribution is 2.39. The number of carbonyl (C=O) groups excluding carboxylic acids is 1. The first-order valence-corrected chi connectivity index (χ1v) is 10.1. The topological polar surface area (TPSA) is 52.9 Å². The van der Waals surface area contributed by atoms with Crippen LogP contribution in [-0.2, 0) is 24.1 Å². The molecule has 0 fully saturated rings. The van der Waals surface area contributed by atoms with E-state index in [-0.39, 0.29) is 5.91 Å². The SMILES string of the molecule is CSc1ccc(CC(=O)Nc2sc3c(c2C#N)CCC(C)C3)cc1. The third kappa shape index (κ3) is 3.66. The van der Waals surface area contributed by atoms with E-state index in [2.05, 4.69) is 18.3 Å². The van der Waals surface area contributed by atoms with Crippen LogP contribution in [0.15, 0.2) is 29.2 Å². The highest BCUT2D eigenvalue weighted by molar-refractivity contribution is 7.98. The molecular formula is C19H20N2OS2. The van der Waals surface area contributed by atoms with Crippen LogP contribution in [0.2, 0.25) is 0 Å². The monoisotopic (exact) mass is 356 g/mol. The fourth-order valence-corrected chi connectivity index (χ4v) is 4.84. The Morgan fingerprint density at radius 1 is 1.42 bits per heavy atom. The zero-order valence-corrected chi connectivity index (χ0v) is 15.5. The van der Waals surface area contributed by atoms with E-state index in [4.69, 9.17) is 0 Å². The molecule has 0 saturated carbocycles. The van der Waals surface area contributed by atoms with Crippen LogP contribution in [0.3, 0.4) is 0 Å². The number of thioether (sulfide) groups is 1. The Hall–Kier alpha value is -1.77. The van der Waals surface area contributed by atoms with Gasteiger partial charge in [-0.25, -0.2) is 0 Å². The third-order valence-corrected chi connectivity index (χ3v) is 6.31. The van der Waals surface area contributed by atoms with Gasteiger partial charge in [-0.3, -0.25) is 4.79 Å². The van der Waals surface area contributed by atoms with Gasteiger partial charge in [-0.05, 0) is 54.7 Å². The summed E-state index contributed by atoms with van der Waals surface area (Å²) in [6.45, 7) is 2.24. The molecule has 0 aliphatic heterocycles. The van der Waals surface area contributed by atoms with Crippen LogP contribution in [0.4, 0.5) is 5.00 Å². The number of rotatable bonds is 4. The zero-order valence-electron chi connectivity index (χ0n) is 13.9. The van der Waals surface area contributed by atoms with E-state index in [1.165, 1.54) is 9.77 Å². The smallest absolute Gasteiger partial charge is 0.229 e. The molecule has 1 aliphatic carbocycles. The first-order valence-electron chi connectivity index (χ1n) is 8.08. The number of nitrogens with one attached hydrogen (secondary N) is 1. The van der Waals surface area contributed by atoms with E-state index in [1.807, 2.05) is 30.5 Å². The van der Waals surface area contributed by atoms with Crippen molar-refractivity contribution in [2.24, 2.45) is 5.92 Å². The molecule has 0 bridgehead atoms. The van der Waals surface area contributed by atoms with Crippen molar-refractivity contribution in [3.05, 3.63) is 45.8 Å². The van der Waals surface area contributed by atoms with Gasteiger partial charge in [-0.15, -0.1) is 23.1 Å². The number of hydrogen-bond acceptors (Lipinski definition) is 4. The molecule has 0 spiro atoms. The molecule has 5 heteroatoms. The normalized spacial score (nSPS) is 16.3. The molecule has 1 heterocycles. The number of amides is 1. The molecule has 1 amide bonds. The molecule has 124 valence electrons. The van der Waals surface area contributed by atoms with Gasteiger partial charge in [0.05, 0.1) is 12.0 Å². The number of hydrogen-bond donors (Lipinski definition) is 1. The van der Waals surface area contributed by atoms with Gasteiger partial charge >= 0.3 is 0 Å². The number of nitrogens with zero attached hydrogens (tertiary/aromatic N) is 1. The molecule has 1 aromatic carbocycles. The zero-order chi connectivity index (χ0) is 17.1. The number of benzene rings is 1. The van der Waals surface area contributed by atoms with E-state index < -0.39 is 0 Å². The van der Waals surface area contributed by atoms with Crippen molar-refractivity contribution in [3.8, 4) is 6.07 Å². The molecule has 3 rings (SSSR count). The molecule has 1 aliphatic rings. The summed E-state index contributed by atoms with van der Waals surface area (Å²) in [4.78, 5) is 14.8. The quantitative estimate of drug-likeness (QED) is 0.812. The first kappa shape index (κ1) is 17.1. The highest BCUT2D eigenvalue weighted by atomic mass is 32.2. The Morgan fingerprint density at radius 3 is 2.83 bits per heavy atom. The van der Waals surface area contributed by atoms with Crippen molar-refractivity contribution in [1.82, 2.24) is 0 Å². The minimum Gasteiger partial charge on any atom is -0.316 e. The minimum atomic E-state index is -0.0601. The third-order valence-electron chi connectivity index (χ3n) is 4.40. The van der Waals surface area contributed by atoms with Crippen LogP contribution in [0.25, 0.3) is 0 Å². The fourth-order valence-electron chi connectivity index (χ4n) is 3.06. The molecule has 2 aromatic rings. The van der Waals surface area contributed by atoms with E-state index in [9.17, 15) is 10.1 Å². The van der Waals surface area contributed by atoms with Gasteiger partial charge in [-0.2, -0.15) is 5.26 Å². The van der Waals surface area contributed by atoms with E-state index in [1.54, 1.807) is 23.1 Å². The van der Waals surface area contributed by atoms with Crippen LogP contribution in [0, 0.1) is 17.2 Å². The molecule has 3 nitrogen and oxygen atoms in total. The van der Waals surface area contributed by atoms with E-state index in [0.29, 0.717) is 17.9 Å². The van der Waals surface area contributed by atoms with Crippen molar-refractivity contribution >= 4 is 34.0 Å². The van der Waals surface area contributed by atoms with Crippen molar-refractivity contribution in [2.75, 3.05) is 11.6 Å². The van der Waals surface area contributed by atoms with Crippen molar-refractivity contribution in [2.45, 2.75) is 37.5 Å². The minimum absolute atomic E-state index is 0.0601. The lowest BCUT2D eigenvalue weighted by molar-refractivity contribution is -0.115. The lowest BCUT2D eigenvalue weighted by Crippen LogP contribution is -2.14. The molecule has 24 heavy (non-hydrogen) atoms. The summed E-state index contributed by atoms with van der Waals surface area (Å²) in [6, 6.07) is 10.3. The number of anilines is 1. The van der Waals surface area contributed by atoms with Gasteiger partial charge in [0.25, 0.3) is 0 Å². The second-order valence-corrected chi connectivity index (χ2v) is 8.23. The van der Waals surface area contributed by atoms with E-state index in [0.717, 1.165) is 35.4 Å². The maximum Gasteiger partial charge on any atom is 0.229 e. The molecule has 1 atom stereocenters. The highest BCUT2D eigenvalue weighted by Gasteiger charge is 2.24. The number of carbonyl (C=O) groups is 1. The fraction of sp³-hybridized carbons (Fsp3) is 0.368. The van der Waals surface area contributed by atoms with Gasteiger partial charge in [0, 0.05) is 9.77 Å². The largest absolute Gasteiger partial charge is 0.316 e. The predicted octanol–water partition coefficient (Wildman–Crippen LogP) is 4.65. The Balaban J connectivity index is 1.73. The Kier molecular flexibility index (Phi) is 5.27. The summed E-state index contributed by atoms with van der Waals surface area (Å²) in [6.07, 6.45) is 5.44. The summed E-state index contributed by atoms with van der Waals surface area (Å²) in [5, 5.41) is 13.2. The number of thiophene rings is 1. The Labute approximate surface area is 151 Å². The Morgan fingerprint density at radius 2 is 2.17 bits per heavy atom. The average Bonchev–Trinajstić information content (AvgIpc) is 2.91. The van der Waals surface area contributed by atoms with Crippen molar-refractivity contribution in [3.63, 3.8) is 0 Å². The first-order chi connectivity index (χ1) is 11.6. The summed E-state index contributed by atoms with van der Waals surface area (Å²) in [5.41, 5.74) is 2.81. The second-order valence-electron chi connectivity index (χ2n) is 6.24. The molecule has 1 N–H and O–H groups in total. The van der Waals surface area contributed by atoms with Gasteiger partial charge < -0.3 is 5.32 Å². The Bertz CT molecular complexity index is 787. The van der Waals surface area contributed by atoms with Crippen LogP contribution in [0.1, 0.15) is 34.9 Å². The van der Waals surface area contributed by atoms with Crippen LogP contribution >= 0.6 is 23.1 Å². The van der Waals surface area contributed by atoms with Crippen LogP contribution < -0.4 is 5.32 Å². The second kappa shape index (κ2) is 7.42. The number of nitriles is 1. The molecule has 1 unspecified atom stereocenters.